The molecule has 0 fully saturated rings. The molecule has 0 radical (unpaired) electrons. The van der Waals surface area contributed by atoms with Crippen LogP contribution in [0.5, 0.6) is 11.6 Å². The lowest BCUT2D eigenvalue weighted by Crippen LogP contribution is -2.03. The number of anilines is 1. The molecule has 0 saturated carbocycles. The molecule has 0 saturated heterocycles. The second-order valence-corrected chi connectivity index (χ2v) is 5.47. The second kappa shape index (κ2) is 6.76. The molecule has 0 aliphatic heterocycles. The van der Waals surface area contributed by atoms with Gasteiger partial charge in [-0.15, -0.1) is 0 Å². The van der Waals surface area contributed by atoms with Gasteiger partial charge in [-0.2, -0.15) is 4.98 Å². The summed E-state index contributed by atoms with van der Waals surface area (Å²) < 4.78 is 5.86. The van der Waals surface area contributed by atoms with E-state index in [-0.39, 0.29) is 5.92 Å². The smallest absolute Gasteiger partial charge is 0.224 e. The van der Waals surface area contributed by atoms with Gasteiger partial charge in [0.05, 0.1) is 0 Å². The van der Waals surface area contributed by atoms with Gasteiger partial charge in [0.15, 0.2) is 0 Å². The van der Waals surface area contributed by atoms with Gasteiger partial charge in [0.1, 0.15) is 17.4 Å². The zero-order chi connectivity index (χ0) is 15.4. The number of hydrogen-bond donors (Lipinski definition) is 1. The maximum atomic E-state index is 6.12. The largest absolute Gasteiger partial charge is 0.439 e. The van der Waals surface area contributed by atoms with Crippen molar-refractivity contribution in [2.45, 2.75) is 33.1 Å². The maximum Gasteiger partial charge on any atom is 0.224 e. The van der Waals surface area contributed by atoms with E-state index in [1.165, 1.54) is 0 Å². The van der Waals surface area contributed by atoms with Crippen LogP contribution in [0.15, 0.2) is 24.3 Å². The SMILES string of the molecule is CCc1cc(Oc2cc(NC)nc(C(C)C)n2)ccc1Cl. The number of rotatable bonds is 5. The zero-order valence-corrected chi connectivity index (χ0v) is 13.5. The van der Waals surface area contributed by atoms with Crippen molar-refractivity contribution in [3.63, 3.8) is 0 Å². The van der Waals surface area contributed by atoms with E-state index < -0.39 is 0 Å². The van der Waals surface area contributed by atoms with Crippen molar-refractivity contribution < 1.29 is 4.74 Å². The van der Waals surface area contributed by atoms with Gasteiger partial charge in [-0.3, -0.25) is 0 Å². The van der Waals surface area contributed by atoms with Gasteiger partial charge in [0.25, 0.3) is 0 Å². The van der Waals surface area contributed by atoms with Gasteiger partial charge in [-0.05, 0) is 30.2 Å². The molecule has 0 bridgehead atoms. The third kappa shape index (κ3) is 3.85. The fourth-order valence-corrected chi connectivity index (χ4v) is 2.14. The van der Waals surface area contributed by atoms with Crippen LogP contribution in [0.4, 0.5) is 5.82 Å². The number of aromatic nitrogens is 2. The summed E-state index contributed by atoms with van der Waals surface area (Å²) in [6.45, 7) is 6.16. The Labute approximate surface area is 130 Å². The summed E-state index contributed by atoms with van der Waals surface area (Å²) in [6.07, 6.45) is 0.860. The van der Waals surface area contributed by atoms with Crippen LogP contribution in [-0.4, -0.2) is 17.0 Å². The molecule has 1 aromatic carbocycles. The molecule has 112 valence electrons. The first-order valence-corrected chi connectivity index (χ1v) is 7.44. The van der Waals surface area contributed by atoms with Gasteiger partial charge in [-0.1, -0.05) is 32.4 Å². The van der Waals surface area contributed by atoms with Gasteiger partial charge in [-0.25, -0.2) is 4.98 Å². The first kappa shape index (κ1) is 15.6. The fourth-order valence-electron chi connectivity index (χ4n) is 1.89. The van der Waals surface area contributed by atoms with Crippen molar-refractivity contribution in [2.75, 3.05) is 12.4 Å². The molecule has 0 aliphatic carbocycles. The quantitative estimate of drug-likeness (QED) is 0.873. The zero-order valence-electron chi connectivity index (χ0n) is 12.8. The van der Waals surface area contributed by atoms with Crippen molar-refractivity contribution in [3.8, 4) is 11.6 Å². The highest BCUT2D eigenvalue weighted by atomic mass is 35.5. The molecule has 1 aromatic heterocycles. The summed E-state index contributed by atoms with van der Waals surface area (Å²) in [7, 11) is 1.83. The van der Waals surface area contributed by atoms with E-state index in [1.807, 2.05) is 25.2 Å². The van der Waals surface area contributed by atoms with Crippen molar-refractivity contribution >= 4 is 17.4 Å². The van der Waals surface area contributed by atoms with Crippen LogP contribution in [0.2, 0.25) is 5.02 Å². The fraction of sp³-hybridized carbons (Fsp3) is 0.375. The number of benzene rings is 1. The van der Waals surface area contributed by atoms with Crippen LogP contribution < -0.4 is 10.1 Å². The number of nitrogens with zero attached hydrogens (tertiary/aromatic N) is 2. The lowest BCUT2D eigenvalue weighted by atomic mass is 10.1. The molecule has 0 aliphatic rings. The van der Waals surface area contributed by atoms with E-state index in [9.17, 15) is 0 Å². The summed E-state index contributed by atoms with van der Waals surface area (Å²) >= 11 is 6.12. The molecule has 1 heterocycles. The Hall–Kier alpha value is -1.81. The van der Waals surface area contributed by atoms with Crippen molar-refractivity contribution in [2.24, 2.45) is 0 Å². The molecule has 2 rings (SSSR count). The maximum absolute atomic E-state index is 6.12. The number of halogens is 1. The highest BCUT2D eigenvalue weighted by Gasteiger charge is 2.10. The molecule has 0 spiro atoms. The molecule has 2 aromatic rings. The minimum Gasteiger partial charge on any atom is -0.439 e. The Kier molecular flexibility index (Phi) is 5.02. The van der Waals surface area contributed by atoms with Gasteiger partial charge < -0.3 is 10.1 Å². The molecular formula is C16H20ClN3O. The number of aryl methyl sites for hydroxylation is 1. The molecule has 4 nitrogen and oxygen atoms in total. The van der Waals surface area contributed by atoms with Crippen molar-refractivity contribution in [1.29, 1.82) is 0 Å². The van der Waals surface area contributed by atoms with Crippen molar-refractivity contribution in [3.05, 3.63) is 40.7 Å². The van der Waals surface area contributed by atoms with Gasteiger partial charge >= 0.3 is 0 Å². The van der Waals surface area contributed by atoms with Crippen molar-refractivity contribution in [1.82, 2.24) is 9.97 Å². The average Bonchev–Trinajstić information content (AvgIpc) is 2.48. The molecule has 0 unspecified atom stereocenters. The van der Waals surface area contributed by atoms with Crippen LogP contribution in [0.25, 0.3) is 0 Å². The minimum atomic E-state index is 0.233. The summed E-state index contributed by atoms with van der Waals surface area (Å²) in [4.78, 5) is 8.87. The topological polar surface area (TPSA) is 47.0 Å². The van der Waals surface area contributed by atoms with E-state index in [0.717, 1.165) is 34.4 Å². The lowest BCUT2D eigenvalue weighted by Gasteiger charge is -2.11. The Bertz CT molecular complexity index is 629. The Morgan fingerprint density at radius 1 is 1.24 bits per heavy atom. The van der Waals surface area contributed by atoms with E-state index in [2.05, 4.69) is 36.1 Å². The monoisotopic (exact) mass is 305 g/mol. The van der Waals surface area contributed by atoms with Crippen LogP contribution in [0, 0.1) is 0 Å². The van der Waals surface area contributed by atoms with Gasteiger partial charge in [0, 0.05) is 24.1 Å². The van der Waals surface area contributed by atoms with Crippen LogP contribution >= 0.6 is 11.6 Å². The van der Waals surface area contributed by atoms with Crippen LogP contribution in [0.1, 0.15) is 38.1 Å². The first-order chi connectivity index (χ1) is 10.0. The Morgan fingerprint density at radius 3 is 2.62 bits per heavy atom. The standard InChI is InChI=1S/C16H20ClN3O/c1-5-11-8-12(6-7-13(11)17)21-15-9-14(18-4)19-16(20-15)10(2)3/h6-10H,5H2,1-4H3,(H,18,19,20). The summed E-state index contributed by atoms with van der Waals surface area (Å²) in [5.41, 5.74) is 1.06. The predicted molar refractivity (Wildman–Crippen MR) is 86.6 cm³/mol. The predicted octanol–water partition coefficient (Wildman–Crippen LogP) is 4.65. The van der Waals surface area contributed by atoms with Crippen LogP contribution in [-0.2, 0) is 6.42 Å². The molecule has 5 heteroatoms. The highest BCUT2D eigenvalue weighted by molar-refractivity contribution is 6.31. The third-order valence-electron chi connectivity index (χ3n) is 3.11. The van der Waals surface area contributed by atoms with Crippen LogP contribution in [0.3, 0.4) is 0 Å². The lowest BCUT2D eigenvalue weighted by molar-refractivity contribution is 0.457. The molecule has 21 heavy (non-hydrogen) atoms. The van der Waals surface area contributed by atoms with E-state index in [1.54, 1.807) is 6.07 Å². The number of nitrogens with one attached hydrogen (secondary N) is 1. The van der Waals surface area contributed by atoms with E-state index >= 15 is 0 Å². The first-order valence-electron chi connectivity index (χ1n) is 7.06. The normalized spacial score (nSPS) is 10.8. The molecule has 0 atom stereocenters. The minimum absolute atomic E-state index is 0.233. The summed E-state index contributed by atoms with van der Waals surface area (Å²) in [6, 6.07) is 7.42. The Morgan fingerprint density at radius 2 is 2.00 bits per heavy atom. The highest BCUT2D eigenvalue weighted by Crippen LogP contribution is 2.27. The molecule has 1 N–H and O–H groups in total. The molecule has 0 amide bonds. The summed E-state index contributed by atoms with van der Waals surface area (Å²) in [5.74, 6) is 2.99. The Balaban J connectivity index is 2.32. The van der Waals surface area contributed by atoms with E-state index in [4.69, 9.17) is 16.3 Å². The van der Waals surface area contributed by atoms with E-state index in [0.29, 0.717) is 5.88 Å². The second-order valence-electron chi connectivity index (χ2n) is 5.06. The molecular weight excluding hydrogens is 286 g/mol. The summed E-state index contributed by atoms with van der Waals surface area (Å²) in [5, 5.41) is 3.78. The van der Waals surface area contributed by atoms with Gasteiger partial charge in [0.2, 0.25) is 5.88 Å². The third-order valence-corrected chi connectivity index (χ3v) is 3.48. The number of ether oxygens (including phenoxy) is 1. The number of hydrogen-bond acceptors (Lipinski definition) is 4. The average molecular weight is 306 g/mol.